The van der Waals surface area contributed by atoms with Gasteiger partial charge in [0.2, 0.25) is 5.88 Å². The smallest absolute Gasteiger partial charge is 0.217 e. The van der Waals surface area contributed by atoms with E-state index < -0.39 is 0 Å². The van der Waals surface area contributed by atoms with Crippen LogP contribution in [0.25, 0.3) is 0 Å². The molecule has 4 nitrogen and oxygen atoms in total. The van der Waals surface area contributed by atoms with Crippen LogP contribution >= 0.6 is 23.5 Å². The van der Waals surface area contributed by atoms with E-state index in [1.54, 1.807) is 31.1 Å². The van der Waals surface area contributed by atoms with Crippen molar-refractivity contribution < 1.29 is 4.74 Å². The van der Waals surface area contributed by atoms with Gasteiger partial charge in [0.1, 0.15) is 5.04 Å². The number of ether oxygens (including phenoxy) is 1. The quantitative estimate of drug-likeness (QED) is 0.489. The van der Waals surface area contributed by atoms with Gasteiger partial charge in [-0.2, -0.15) is 4.98 Å². The maximum Gasteiger partial charge on any atom is 0.217 e. The summed E-state index contributed by atoms with van der Waals surface area (Å²) in [6.45, 7) is 8.31. The molecule has 0 unspecified atom stereocenters. The lowest BCUT2D eigenvalue weighted by Crippen LogP contribution is -2.05. The normalized spacial score (nSPS) is 17.7. The lowest BCUT2D eigenvalue weighted by atomic mass is 10.1. The highest BCUT2D eigenvalue weighted by atomic mass is 32.2. The van der Waals surface area contributed by atoms with E-state index in [2.05, 4.69) is 54.0 Å². The number of thioether (sulfide) groups is 2. The standard InChI is InChI=1S/C20H21N3OS2/c1-13-5-8-17(14(2)11-13)22-19-16(7-6-15(3)26-19)12-25-20-21-10-9-18(23-20)24-4/h5,8-12H,3,6-7H2,1-2,4H3/b16-12+,22-19-. The molecule has 1 fully saturated rings. The lowest BCUT2D eigenvalue weighted by Gasteiger charge is -2.18. The number of rotatable bonds is 4. The largest absolute Gasteiger partial charge is 0.481 e. The number of benzene rings is 1. The molecule has 0 bridgehead atoms. The third-order valence-electron chi connectivity index (χ3n) is 3.89. The molecular weight excluding hydrogens is 362 g/mol. The van der Waals surface area contributed by atoms with Crippen molar-refractivity contribution in [3.05, 3.63) is 64.1 Å². The molecular formula is C20H21N3OS2. The molecule has 1 aromatic carbocycles. The number of aromatic nitrogens is 2. The second-order valence-corrected chi connectivity index (χ2v) is 7.99. The van der Waals surface area contributed by atoms with Gasteiger partial charge in [-0.25, -0.2) is 9.98 Å². The van der Waals surface area contributed by atoms with E-state index in [0.717, 1.165) is 28.5 Å². The van der Waals surface area contributed by atoms with Crippen LogP contribution in [0.3, 0.4) is 0 Å². The zero-order valence-corrected chi connectivity index (χ0v) is 16.8. The van der Waals surface area contributed by atoms with Gasteiger partial charge >= 0.3 is 0 Å². The van der Waals surface area contributed by atoms with Gasteiger partial charge in [-0.15, -0.1) is 0 Å². The summed E-state index contributed by atoms with van der Waals surface area (Å²) in [5.41, 5.74) is 4.62. The molecule has 2 aromatic rings. The van der Waals surface area contributed by atoms with Crippen LogP contribution in [0, 0.1) is 13.8 Å². The SMILES string of the molecule is C=C1CCC(=C\Sc2nccc(OC)n2)/C(=N/c2ccc(C)cc2C)S1. The van der Waals surface area contributed by atoms with Gasteiger partial charge in [-0.3, -0.25) is 0 Å². The van der Waals surface area contributed by atoms with E-state index in [4.69, 9.17) is 9.73 Å². The molecule has 0 radical (unpaired) electrons. The van der Waals surface area contributed by atoms with Crippen LogP contribution in [0.15, 0.2) is 63.1 Å². The molecule has 0 atom stereocenters. The highest BCUT2D eigenvalue weighted by Gasteiger charge is 2.18. The average molecular weight is 384 g/mol. The van der Waals surface area contributed by atoms with E-state index >= 15 is 0 Å². The Hall–Kier alpha value is -2.05. The fourth-order valence-electron chi connectivity index (χ4n) is 2.50. The molecule has 6 heteroatoms. The van der Waals surface area contributed by atoms with Crippen LogP contribution in [0.5, 0.6) is 5.88 Å². The molecule has 0 amide bonds. The summed E-state index contributed by atoms with van der Waals surface area (Å²) in [4.78, 5) is 14.7. The summed E-state index contributed by atoms with van der Waals surface area (Å²) in [6.07, 6.45) is 3.59. The van der Waals surface area contributed by atoms with E-state index in [-0.39, 0.29) is 0 Å². The monoisotopic (exact) mass is 383 g/mol. The Morgan fingerprint density at radius 3 is 2.88 bits per heavy atom. The van der Waals surface area contributed by atoms with Crippen LogP contribution in [0.1, 0.15) is 24.0 Å². The van der Waals surface area contributed by atoms with E-state index in [0.29, 0.717) is 11.0 Å². The van der Waals surface area contributed by atoms with Crippen LogP contribution < -0.4 is 4.74 Å². The topological polar surface area (TPSA) is 47.4 Å². The van der Waals surface area contributed by atoms with Crippen LogP contribution in [0.4, 0.5) is 5.69 Å². The molecule has 26 heavy (non-hydrogen) atoms. The Kier molecular flexibility index (Phi) is 6.16. The molecule has 0 aliphatic carbocycles. The molecule has 0 spiro atoms. The summed E-state index contributed by atoms with van der Waals surface area (Å²) in [5.74, 6) is 0.566. The van der Waals surface area contributed by atoms with E-state index in [1.807, 2.05) is 0 Å². The van der Waals surface area contributed by atoms with Crippen molar-refractivity contribution in [2.24, 2.45) is 4.99 Å². The van der Waals surface area contributed by atoms with Crippen LogP contribution in [-0.4, -0.2) is 22.1 Å². The first-order valence-corrected chi connectivity index (χ1v) is 9.99. The summed E-state index contributed by atoms with van der Waals surface area (Å²) >= 11 is 3.14. The Bertz CT molecular complexity index is 890. The number of allylic oxidation sites excluding steroid dienone is 1. The number of methoxy groups -OCH3 is 1. The van der Waals surface area contributed by atoms with Gasteiger partial charge < -0.3 is 4.74 Å². The van der Waals surface area contributed by atoms with Gasteiger partial charge in [0.15, 0.2) is 5.16 Å². The third-order valence-corrected chi connectivity index (χ3v) is 5.74. The van der Waals surface area contributed by atoms with Gasteiger partial charge in [-0.1, -0.05) is 47.8 Å². The van der Waals surface area contributed by atoms with E-state index in [9.17, 15) is 0 Å². The lowest BCUT2D eigenvalue weighted by molar-refractivity contribution is 0.392. The average Bonchev–Trinajstić information content (AvgIpc) is 2.63. The first kappa shape index (κ1) is 18.7. The molecule has 3 rings (SSSR count). The first-order valence-electron chi connectivity index (χ1n) is 8.30. The van der Waals surface area contributed by atoms with Crippen molar-refractivity contribution >= 4 is 34.3 Å². The van der Waals surface area contributed by atoms with Crippen LogP contribution in [0.2, 0.25) is 0 Å². The Morgan fingerprint density at radius 1 is 1.27 bits per heavy atom. The highest BCUT2D eigenvalue weighted by Crippen LogP contribution is 2.37. The Labute approximate surface area is 162 Å². The fourth-order valence-corrected chi connectivity index (χ4v) is 4.23. The minimum absolute atomic E-state index is 0.566. The summed E-state index contributed by atoms with van der Waals surface area (Å²) in [5, 5.41) is 3.76. The highest BCUT2D eigenvalue weighted by molar-refractivity contribution is 8.17. The second kappa shape index (κ2) is 8.56. The van der Waals surface area contributed by atoms with Gasteiger partial charge in [0, 0.05) is 12.3 Å². The fraction of sp³-hybridized carbons (Fsp3) is 0.250. The second-order valence-electron chi connectivity index (χ2n) is 5.99. The molecule has 1 aliphatic rings. The number of aryl methyl sites for hydroxylation is 2. The summed E-state index contributed by atoms with van der Waals surface area (Å²) in [7, 11) is 1.60. The molecule has 1 aliphatic heterocycles. The van der Waals surface area contributed by atoms with Crippen molar-refractivity contribution in [3.63, 3.8) is 0 Å². The molecule has 1 aromatic heterocycles. The number of aliphatic imine (C=N–C) groups is 1. The molecule has 1 saturated heterocycles. The Balaban J connectivity index is 1.87. The number of hydrogen-bond acceptors (Lipinski definition) is 6. The van der Waals surface area contributed by atoms with Crippen molar-refractivity contribution in [1.82, 2.24) is 9.97 Å². The van der Waals surface area contributed by atoms with Gasteiger partial charge in [-0.05, 0) is 54.2 Å². The molecule has 0 saturated carbocycles. The van der Waals surface area contributed by atoms with Crippen molar-refractivity contribution in [1.29, 1.82) is 0 Å². The van der Waals surface area contributed by atoms with Crippen molar-refractivity contribution in [2.45, 2.75) is 31.8 Å². The minimum atomic E-state index is 0.566. The Morgan fingerprint density at radius 2 is 2.12 bits per heavy atom. The number of hydrogen-bond donors (Lipinski definition) is 0. The number of nitrogens with zero attached hydrogens (tertiary/aromatic N) is 3. The van der Waals surface area contributed by atoms with E-state index in [1.165, 1.54) is 28.5 Å². The zero-order chi connectivity index (χ0) is 18.5. The van der Waals surface area contributed by atoms with Gasteiger partial charge in [0.25, 0.3) is 0 Å². The van der Waals surface area contributed by atoms with Crippen molar-refractivity contribution in [2.75, 3.05) is 7.11 Å². The summed E-state index contributed by atoms with van der Waals surface area (Å²) in [6, 6.07) is 8.07. The summed E-state index contributed by atoms with van der Waals surface area (Å²) < 4.78 is 5.16. The molecule has 0 N–H and O–H groups in total. The minimum Gasteiger partial charge on any atom is -0.481 e. The zero-order valence-electron chi connectivity index (χ0n) is 15.2. The third kappa shape index (κ3) is 4.77. The molecule has 134 valence electrons. The van der Waals surface area contributed by atoms with Crippen molar-refractivity contribution in [3.8, 4) is 5.88 Å². The maximum absolute atomic E-state index is 5.16. The first-order chi connectivity index (χ1) is 12.5. The van der Waals surface area contributed by atoms with Crippen LogP contribution in [-0.2, 0) is 0 Å². The predicted molar refractivity (Wildman–Crippen MR) is 112 cm³/mol. The maximum atomic E-state index is 5.16. The van der Waals surface area contributed by atoms with Gasteiger partial charge in [0.05, 0.1) is 12.8 Å². The molecule has 2 heterocycles. The predicted octanol–water partition coefficient (Wildman–Crippen LogP) is 5.85.